The average molecular weight is 345 g/mol. The molecule has 110 valence electrons. The molecule has 1 aromatic heterocycles. The number of carbonyl (C=O) groups excluding carboxylic acids is 1. The Balaban J connectivity index is 1.89. The van der Waals surface area contributed by atoms with Crippen molar-refractivity contribution < 1.29 is 4.79 Å². The number of amides is 1. The molecule has 0 radical (unpaired) electrons. The average Bonchev–Trinajstić information content (AvgIpc) is 2.44. The summed E-state index contributed by atoms with van der Waals surface area (Å²) in [4.78, 5) is 36.7. The van der Waals surface area contributed by atoms with Crippen molar-refractivity contribution in [2.24, 2.45) is 5.92 Å². The van der Waals surface area contributed by atoms with Crippen molar-refractivity contribution in [2.45, 2.75) is 19.4 Å². The lowest BCUT2D eigenvalue weighted by Crippen LogP contribution is -2.40. The van der Waals surface area contributed by atoms with Gasteiger partial charge >= 0.3 is 5.69 Å². The van der Waals surface area contributed by atoms with Gasteiger partial charge in [-0.1, -0.05) is 0 Å². The molecule has 1 atom stereocenters. The molecule has 1 fully saturated rings. The Morgan fingerprint density at radius 1 is 1.50 bits per heavy atom. The Labute approximate surface area is 123 Å². The fourth-order valence-electron chi connectivity index (χ4n) is 2.17. The molecular formula is C12H17BrN4O3. The molecule has 0 aliphatic carbocycles. The minimum atomic E-state index is -0.590. The zero-order valence-electron chi connectivity index (χ0n) is 10.9. The lowest BCUT2D eigenvalue weighted by Gasteiger charge is -2.22. The quantitative estimate of drug-likeness (QED) is 0.680. The van der Waals surface area contributed by atoms with Crippen LogP contribution in [0.15, 0.2) is 20.3 Å². The first kappa shape index (κ1) is 15.0. The van der Waals surface area contributed by atoms with E-state index in [0.717, 1.165) is 25.9 Å². The van der Waals surface area contributed by atoms with Crippen molar-refractivity contribution in [2.75, 3.05) is 19.6 Å². The first-order valence-corrected chi connectivity index (χ1v) is 7.32. The van der Waals surface area contributed by atoms with Gasteiger partial charge in [-0.05, 0) is 47.8 Å². The van der Waals surface area contributed by atoms with E-state index in [2.05, 4.69) is 31.5 Å². The third-order valence-corrected chi connectivity index (χ3v) is 3.83. The maximum Gasteiger partial charge on any atom is 0.328 e. The number of rotatable bonds is 4. The molecule has 2 rings (SSSR count). The first-order chi connectivity index (χ1) is 9.56. The summed E-state index contributed by atoms with van der Waals surface area (Å²) in [6, 6.07) is 0. The number of piperidine rings is 1. The number of hydrogen-bond donors (Lipinski definition) is 3. The van der Waals surface area contributed by atoms with Gasteiger partial charge in [0.05, 0.1) is 4.47 Å². The van der Waals surface area contributed by atoms with Crippen LogP contribution in [0.1, 0.15) is 12.8 Å². The van der Waals surface area contributed by atoms with Crippen LogP contribution in [0.3, 0.4) is 0 Å². The first-order valence-electron chi connectivity index (χ1n) is 6.53. The maximum atomic E-state index is 11.8. The standard InChI is InChI=1S/C12H17BrN4O3/c13-9-6-17(12(20)16-11(9)19)7-10(18)15-5-8-2-1-3-14-4-8/h6,8,14H,1-5,7H2,(H,15,18)(H,16,19,20). The number of hydrogen-bond acceptors (Lipinski definition) is 4. The summed E-state index contributed by atoms with van der Waals surface area (Å²) in [6.45, 7) is 2.44. The highest BCUT2D eigenvalue weighted by molar-refractivity contribution is 9.10. The van der Waals surface area contributed by atoms with Gasteiger partial charge in [-0.3, -0.25) is 19.1 Å². The molecule has 1 amide bonds. The predicted octanol–water partition coefficient (Wildman–Crippen LogP) is -0.585. The summed E-state index contributed by atoms with van der Waals surface area (Å²) in [5, 5.41) is 6.09. The van der Waals surface area contributed by atoms with Gasteiger partial charge in [0.15, 0.2) is 0 Å². The molecule has 0 aromatic carbocycles. The monoisotopic (exact) mass is 344 g/mol. The summed E-state index contributed by atoms with van der Waals surface area (Å²) < 4.78 is 1.39. The van der Waals surface area contributed by atoms with Gasteiger partial charge in [-0.25, -0.2) is 4.79 Å². The van der Waals surface area contributed by atoms with E-state index in [4.69, 9.17) is 0 Å². The van der Waals surface area contributed by atoms with E-state index in [1.165, 1.54) is 10.8 Å². The van der Waals surface area contributed by atoms with Crippen LogP contribution in [0.4, 0.5) is 0 Å². The molecule has 3 N–H and O–H groups in total. The van der Waals surface area contributed by atoms with Crippen molar-refractivity contribution in [1.82, 2.24) is 20.2 Å². The Hall–Kier alpha value is -1.41. The second kappa shape index (κ2) is 6.85. The second-order valence-corrected chi connectivity index (χ2v) is 5.74. The van der Waals surface area contributed by atoms with E-state index in [-0.39, 0.29) is 16.9 Å². The van der Waals surface area contributed by atoms with E-state index >= 15 is 0 Å². The fraction of sp³-hybridized carbons (Fsp3) is 0.583. The van der Waals surface area contributed by atoms with E-state index < -0.39 is 11.2 Å². The molecule has 8 heteroatoms. The maximum absolute atomic E-state index is 11.8. The van der Waals surface area contributed by atoms with Crippen LogP contribution in [0.2, 0.25) is 0 Å². The Morgan fingerprint density at radius 3 is 3.00 bits per heavy atom. The topological polar surface area (TPSA) is 96.0 Å². The number of nitrogens with zero attached hydrogens (tertiary/aromatic N) is 1. The van der Waals surface area contributed by atoms with Crippen molar-refractivity contribution >= 4 is 21.8 Å². The summed E-state index contributed by atoms with van der Waals surface area (Å²) in [6.07, 6.45) is 3.53. The zero-order chi connectivity index (χ0) is 14.5. The minimum Gasteiger partial charge on any atom is -0.354 e. The SMILES string of the molecule is O=C(Cn1cc(Br)c(=O)[nH]c1=O)NCC1CCCNC1. The van der Waals surface area contributed by atoms with Gasteiger partial charge in [-0.15, -0.1) is 0 Å². The van der Waals surface area contributed by atoms with Crippen LogP contribution in [-0.2, 0) is 11.3 Å². The molecule has 0 saturated carbocycles. The summed E-state index contributed by atoms with van der Waals surface area (Å²) in [5.41, 5.74) is -1.09. The molecule has 1 aliphatic rings. The van der Waals surface area contributed by atoms with Gasteiger partial charge in [0.2, 0.25) is 5.91 Å². The lowest BCUT2D eigenvalue weighted by molar-refractivity contribution is -0.121. The van der Waals surface area contributed by atoms with Crippen LogP contribution in [-0.4, -0.2) is 35.1 Å². The highest BCUT2D eigenvalue weighted by atomic mass is 79.9. The van der Waals surface area contributed by atoms with Crippen molar-refractivity contribution in [1.29, 1.82) is 0 Å². The Kier molecular flexibility index (Phi) is 5.13. The molecule has 0 spiro atoms. The molecule has 1 aliphatic heterocycles. The van der Waals surface area contributed by atoms with Crippen LogP contribution < -0.4 is 21.9 Å². The molecular weight excluding hydrogens is 328 g/mol. The van der Waals surface area contributed by atoms with Crippen LogP contribution in [0.25, 0.3) is 0 Å². The molecule has 1 saturated heterocycles. The largest absolute Gasteiger partial charge is 0.354 e. The highest BCUT2D eigenvalue weighted by Gasteiger charge is 2.14. The van der Waals surface area contributed by atoms with Crippen LogP contribution in [0, 0.1) is 5.92 Å². The number of halogens is 1. The lowest BCUT2D eigenvalue weighted by atomic mass is 10.00. The van der Waals surface area contributed by atoms with Crippen molar-refractivity contribution in [3.8, 4) is 0 Å². The zero-order valence-corrected chi connectivity index (χ0v) is 12.5. The van der Waals surface area contributed by atoms with Gasteiger partial charge < -0.3 is 10.6 Å². The van der Waals surface area contributed by atoms with E-state index in [9.17, 15) is 14.4 Å². The third kappa shape index (κ3) is 4.04. The summed E-state index contributed by atoms with van der Waals surface area (Å²) >= 11 is 3.03. The Morgan fingerprint density at radius 2 is 2.30 bits per heavy atom. The third-order valence-electron chi connectivity index (χ3n) is 3.27. The number of H-pyrrole nitrogens is 1. The molecule has 20 heavy (non-hydrogen) atoms. The van der Waals surface area contributed by atoms with E-state index in [0.29, 0.717) is 12.5 Å². The summed E-state index contributed by atoms with van der Waals surface area (Å²) in [5.74, 6) is 0.198. The number of nitrogens with one attached hydrogen (secondary N) is 3. The number of carbonyl (C=O) groups is 1. The van der Waals surface area contributed by atoms with Crippen molar-refractivity contribution in [3.05, 3.63) is 31.5 Å². The number of aromatic nitrogens is 2. The predicted molar refractivity (Wildman–Crippen MR) is 77.6 cm³/mol. The summed E-state index contributed by atoms with van der Waals surface area (Å²) in [7, 11) is 0. The molecule has 1 unspecified atom stereocenters. The van der Waals surface area contributed by atoms with E-state index in [1.807, 2.05) is 0 Å². The van der Waals surface area contributed by atoms with Crippen molar-refractivity contribution in [3.63, 3.8) is 0 Å². The van der Waals surface area contributed by atoms with Crippen LogP contribution in [0.5, 0.6) is 0 Å². The minimum absolute atomic E-state index is 0.103. The molecule has 2 heterocycles. The number of aromatic amines is 1. The van der Waals surface area contributed by atoms with Gasteiger partial charge in [0.1, 0.15) is 6.54 Å². The molecule has 0 bridgehead atoms. The van der Waals surface area contributed by atoms with E-state index in [1.54, 1.807) is 0 Å². The normalized spacial score (nSPS) is 18.8. The highest BCUT2D eigenvalue weighted by Crippen LogP contribution is 2.08. The molecule has 1 aromatic rings. The van der Waals surface area contributed by atoms with Gasteiger partial charge in [0.25, 0.3) is 5.56 Å². The van der Waals surface area contributed by atoms with Gasteiger partial charge in [0, 0.05) is 12.7 Å². The second-order valence-electron chi connectivity index (χ2n) is 4.88. The van der Waals surface area contributed by atoms with Gasteiger partial charge in [-0.2, -0.15) is 0 Å². The smallest absolute Gasteiger partial charge is 0.328 e. The Bertz CT molecular complexity index is 589. The van der Waals surface area contributed by atoms with Crippen LogP contribution >= 0.6 is 15.9 Å². The fourth-order valence-corrected chi connectivity index (χ4v) is 2.51. The molecule has 7 nitrogen and oxygen atoms in total.